The van der Waals surface area contributed by atoms with Crippen LogP contribution in [-0.2, 0) is 11.2 Å². The first-order valence-corrected chi connectivity index (χ1v) is 7.88. The Morgan fingerprint density at radius 3 is 2.86 bits per heavy atom. The lowest BCUT2D eigenvalue weighted by Crippen LogP contribution is -2.36. The van der Waals surface area contributed by atoms with Crippen LogP contribution in [0.15, 0.2) is 30.7 Å². The molecule has 0 N–H and O–H groups in total. The highest BCUT2D eigenvalue weighted by Crippen LogP contribution is 2.27. The molecule has 0 bridgehead atoms. The lowest BCUT2D eigenvalue weighted by atomic mass is 10.0. The van der Waals surface area contributed by atoms with Gasteiger partial charge in [0.2, 0.25) is 0 Å². The molecule has 0 amide bonds. The zero-order valence-electron chi connectivity index (χ0n) is 11.9. The predicted molar refractivity (Wildman–Crippen MR) is 87.8 cm³/mol. The molecule has 114 valence electrons. The number of aromatic nitrogens is 2. The lowest BCUT2D eigenvalue weighted by molar-refractivity contribution is -0.118. The third-order valence-electron chi connectivity index (χ3n) is 3.71. The van der Waals surface area contributed by atoms with Crippen molar-refractivity contribution in [3.63, 3.8) is 0 Å². The molecule has 1 aliphatic heterocycles. The van der Waals surface area contributed by atoms with E-state index in [1.54, 1.807) is 12.3 Å². The van der Waals surface area contributed by atoms with Crippen LogP contribution in [0.1, 0.15) is 24.0 Å². The van der Waals surface area contributed by atoms with Gasteiger partial charge in [-0.2, -0.15) is 0 Å². The minimum Gasteiger partial charge on any atom is -0.349 e. The SMILES string of the molecule is O=C1CCCN(c2ncncc2Cc2ccc(Cl)cc2Cl)C1. The van der Waals surface area contributed by atoms with Gasteiger partial charge in [-0.1, -0.05) is 29.3 Å². The van der Waals surface area contributed by atoms with Crippen LogP contribution in [0.25, 0.3) is 0 Å². The van der Waals surface area contributed by atoms with Gasteiger partial charge in [-0.3, -0.25) is 4.79 Å². The summed E-state index contributed by atoms with van der Waals surface area (Å²) in [6.45, 7) is 1.25. The Labute approximate surface area is 139 Å². The maximum atomic E-state index is 11.7. The van der Waals surface area contributed by atoms with Gasteiger partial charge in [-0.25, -0.2) is 9.97 Å². The van der Waals surface area contributed by atoms with E-state index in [9.17, 15) is 4.79 Å². The minimum absolute atomic E-state index is 0.250. The van der Waals surface area contributed by atoms with Crippen molar-refractivity contribution in [2.75, 3.05) is 18.0 Å². The van der Waals surface area contributed by atoms with Crippen LogP contribution in [0, 0.1) is 0 Å². The summed E-state index contributed by atoms with van der Waals surface area (Å²) < 4.78 is 0. The summed E-state index contributed by atoms with van der Waals surface area (Å²) in [5.74, 6) is 1.06. The monoisotopic (exact) mass is 335 g/mol. The molecule has 1 aliphatic rings. The van der Waals surface area contributed by atoms with Crippen molar-refractivity contribution < 1.29 is 4.79 Å². The second kappa shape index (κ2) is 6.63. The van der Waals surface area contributed by atoms with Crippen LogP contribution < -0.4 is 4.90 Å². The highest BCUT2D eigenvalue weighted by atomic mass is 35.5. The van der Waals surface area contributed by atoms with Gasteiger partial charge in [-0.05, 0) is 24.1 Å². The van der Waals surface area contributed by atoms with Crippen LogP contribution in [0.5, 0.6) is 0 Å². The van der Waals surface area contributed by atoms with Gasteiger partial charge in [0.25, 0.3) is 0 Å². The summed E-state index contributed by atoms with van der Waals surface area (Å²) in [5.41, 5.74) is 1.92. The number of anilines is 1. The predicted octanol–water partition coefficient (Wildman–Crippen LogP) is 3.54. The molecule has 2 aromatic rings. The van der Waals surface area contributed by atoms with Crippen LogP contribution in [0.3, 0.4) is 0 Å². The molecule has 0 aliphatic carbocycles. The molecule has 0 spiro atoms. The van der Waals surface area contributed by atoms with Gasteiger partial charge in [-0.15, -0.1) is 0 Å². The first-order valence-electron chi connectivity index (χ1n) is 7.13. The average molecular weight is 336 g/mol. The minimum atomic E-state index is 0.250. The molecule has 2 heterocycles. The van der Waals surface area contributed by atoms with Crippen molar-refractivity contribution >= 4 is 34.8 Å². The van der Waals surface area contributed by atoms with E-state index in [1.165, 1.54) is 6.33 Å². The highest BCUT2D eigenvalue weighted by molar-refractivity contribution is 6.35. The third kappa shape index (κ3) is 3.39. The molecule has 3 rings (SSSR count). The molecule has 1 aromatic heterocycles. The second-order valence-electron chi connectivity index (χ2n) is 5.35. The van der Waals surface area contributed by atoms with Gasteiger partial charge < -0.3 is 4.90 Å². The van der Waals surface area contributed by atoms with Gasteiger partial charge >= 0.3 is 0 Å². The van der Waals surface area contributed by atoms with Gasteiger partial charge in [0, 0.05) is 41.2 Å². The molecule has 1 aromatic carbocycles. The number of halogens is 2. The molecule has 22 heavy (non-hydrogen) atoms. The molecular formula is C16H15Cl2N3O. The first-order chi connectivity index (χ1) is 10.6. The van der Waals surface area contributed by atoms with Gasteiger partial charge in [0.05, 0.1) is 6.54 Å². The molecule has 0 atom stereocenters. The number of carbonyl (C=O) groups excluding carboxylic acids is 1. The number of rotatable bonds is 3. The third-order valence-corrected chi connectivity index (χ3v) is 4.30. The summed E-state index contributed by atoms with van der Waals surface area (Å²) >= 11 is 12.2. The van der Waals surface area contributed by atoms with E-state index in [0.29, 0.717) is 29.4 Å². The summed E-state index contributed by atoms with van der Waals surface area (Å²) in [5, 5.41) is 1.23. The number of carbonyl (C=O) groups is 1. The van der Waals surface area contributed by atoms with Crippen molar-refractivity contribution in [3.8, 4) is 0 Å². The standard InChI is InChI=1S/C16H15Cl2N3O/c17-13-4-3-11(15(18)7-13)6-12-8-19-10-20-16(12)21-5-1-2-14(22)9-21/h3-4,7-8,10H,1-2,5-6,9H2. The molecule has 6 heteroatoms. The maximum absolute atomic E-state index is 11.7. The van der Waals surface area contributed by atoms with Crippen molar-refractivity contribution in [2.24, 2.45) is 0 Å². The second-order valence-corrected chi connectivity index (χ2v) is 6.19. The normalized spacial score (nSPS) is 15.2. The van der Waals surface area contributed by atoms with E-state index < -0.39 is 0 Å². The molecule has 0 saturated carbocycles. The van der Waals surface area contributed by atoms with Crippen molar-refractivity contribution in [3.05, 3.63) is 51.9 Å². The zero-order chi connectivity index (χ0) is 15.5. The Hall–Kier alpha value is -1.65. The van der Waals surface area contributed by atoms with Crippen molar-refractivity contribution in [1.29, 1.82) is 0 Å². The van der Waals surface area contributed by atoms with Crippen LogP contribution >= 0.6 is 23.2 Å². The van der Waals surface area contributed by atoms with E-state index in [2.05, 4.69) is 9.97 Å². The number of benzene rings is 1. The fraction of sp³-hybridized carbons (Fsp3) is 0.312. The van der Waals surface area contributed by atoms with E-state index in [0.717, 1.165) is 29.9 Å². The van der Waals surface area contributed by atoms with Crippen molar-refractivity contribution in [2.45, 2.75) is 19.3 Å². The molecule has 1 fully saturated rings. The summed E-state index contributed by atoms with van der Waals surface area (Å²) in [7, 11) is 0. The number of ketones is 1. The molecule has 4 nitrogen and oxygen atoms in total. The lowest BCUT2D eigenvalue weighted by Gasteiger charge is -2.28. The number of hydrogen-bond acceptors (Lipinski definition) is 4. The number of piperidine rings is 1. The van der Waals surface area contributed by atoms with Gasteiger partial charge in [0.1, 0.15) is 12.1 Å². The van der Waals surface area contributed by atoms with E-state index in [-0.39, 0.29) is 5.78 Å². The van der Waals surface area contributed by atoms with Crippen LogP contribution in [0.2, 0.25) is 10.0 Å². The molecule has 1 saturated heterocycles. The maximum Gasteiger partial charge on any atom is 0.152 e. The van der Waals surface area contributed by atoms with Crippen molar-refractivity contribution in [1.82, 2.24) is 9.97 Å². The Kier molecular flexibility index (Phi) is 4.60. The van der Waals surface area contributed by atoms with Crippen LogP contribution in [0.4, 0.5) is 5.82 Å². The Bertz CT molecular complexity index is 706. The fourth-order valence-corrected chi connectivity index (χ4v) is 3.13. The summed E-state index contributed by atoms with van der Waals surface area (Å²) in [6, 6.07) is 5.45. The fourth-order valence-electron chi connectivity index (χ4n) is 2.65. The molecule has 0 unspecified atom stereocenters. The number of Topliss-reactive ketones (excluding diaryl/α,β-unsaturated/α-hetero) is 1. The number of nitrogens with zero attached hydrogens (tertiary/aromatic N) is 3. The van der Waals surface area contributed by atoms with Crippen LogP contribution in [-0.4, -0.2) is 28.8 Å². The Morgan fingerprint density at radius 2 is 2.09 bits per heavy atom. The quantitative estimate of drug-likeness (QED) is 0.860. The molecule has 0 radical (unpaired) electrons. The van der Waals surface area contributed by atoms with E-state index in [4.69, 9.17) is 23.2 Å². The Morgan fingerprint density at radius 1 is 1.23 bits per heavy atom. The zero-order valence-corrected chi connectivity index (χ0v) is 13.4. The highest BCUT2D eigenvalue weighted by Gasteiger charge is 2.21. The number of hydrogen-bond donors (Lipinski definition) is 0. The first kappa shape index (κ1) is 15.3. The Balaban J connectivity index is 1.89. The smallest absolute Gasteiger partial charge is 0.152 e. The van der Waals surface area contributed by atoms with E-state index in [1.807, 2.05) is 17.0 Å². The molecular weight excluding hydrogens is 321 g/mol. The summed E-state index contributed by atoms with van der Waals surface area (Å²) in [6.07, 6.45) is 5.43. The largest absolute Gasteiger partial charge is 0.349 e. The van der Waals surface area contributed by atoms with E-state index >= 15 is 0 Å². The summed E-state index contributed by atoms with van der Waals surface area (Å²) in [4.78, 5) is 22.2. The average Bonchev–Trinajstić information content (AvgIpc) is 2.50. The topological polar surface area (TPSA) is 46.1 Å². The van der Waals surface area contributed by atoms with Gasteiger partial charge in [0.15, 0.2) is 5.78 Å².